The number of aromatic nitrogens is 1. The highest BCUT2D eigenvalue weighted by atomic mass is 35.5. The molecule has 0 bridgehead atoms. The third-order valence-corrected chi connectivity index (χ3v) is 5.05. The minimum atomic E-state index is 0.0616. The largest absolute Gasteiger partial charge is 0.439 e. The first-order valence-electron chi connectivity index (χ1n) is 8.64. The number of benzene rings is 2. The first-order valence-corrected chi connectivity index (χ1v) is 9.02. The van der Waals surface area contributed by atoms with Crippen molar-refractivity contribution < 1.29 is 4.42 Å². The van der Waals surface area contributed by atoms with Gasteiger partial charge in [0.1, 0.15) is 5.76 Å². The summed E-state index contributed by atoms with van der Waals surface area (Å²) in [6, 6.07) is 24.6. The molecule has 3 heterocycles. The zero-order valence-corrected chi connectivity index (χ0v) is 14.8. The zero-order valence-electron chi connectivity index (χ0n) is 14.0. The molecular weight excluding hydrogens is 344 g/mol. The maximum Gasteiger partial charge on any atom is 0.209 e. The highest BCUT2D eigenvalue weighted by Gasteiger charge is 2.26. The molecule has 2 aromatic heterocycles. The van der Waals surface area contributed by atoms with Gasteiger partial charge in [0.15, 0.2) is 0 Å². The molecule has 5 rings (SSSR count). The minimum Gasteiger partial charge on any atom is -0.439 e. The van der Waals surface area contributed by atoms with Crippen LogP contribution in [0.15, 0.2) is 83.4 Å². The molecule has 0 saturated heterocycles. The lowest BCUT2D eigenvalue weighted by Gasteiger charge is -2.18. The molecule has 1 aliphatic rings. The van der Waals surface area contributed by atoms with Crippen molar-refractivity contribution in [3.8, 4) is 17.2 Å². The van der Waals surface area contributed by atoms with Crippen LogP contribution in [0.1, 0.15) is 22.9 Å². The molecule has 128 valence electrons. The summed E-state index contributed by atoms with van der Waals surface area (Å²) in [5, 5.41) is 4.39. The fourth-order valence-electron chi connectivity index (χ4n) is 3.60. The Labute approximate surface area is 156 Å². The van der Waals surface area contributed by atoms with Crippen LogP contribution in [0.4, 0.5) is 0 Å². The summed E-state index contributed by atoms with van der Waals surface area (Å²) in [4.78, 5) is 0. The lowest BCUT2D eigenvalue weighted by Crippen LogP contribution is -2.21. The van der Waals surface area contributed by atoms with Crippen molar-refractivity contribution in [1.29, 1.82) is 0 Å². The van der Waals surface area contributed by atoms with E-state index < -0.39 is 0 Å². The molecule has 3 nitrogen and oxygen atoms in total. The molecule has 0 aliphatic carbocycles. The Bertz CT molecular complexity index is 1060. The molecule has 2 aromatic carbocycles. The summed E-state index contributed by atoms with van der Waals surface area (Å²) in [6.07, 6.45) is 2.05. The summed E-state index contributed by atoms with van der Waals surface area (Å²) in [5.41, 5.74) is 4.51. The van der Waals surface area contributed by atoms with E-state index in [2.05, 4.69) is 46.4 Å². The first kappa shape index (κ1) is 15.5. The van der Waals surface area contributed by atoms with Gasteiger partial charge in [0.25, 0.3) is 0 Å². The second-order valence-electron chi connectivity index (χ2n) is 6.48. The van der Waals surface area contributed by atoms with Crippen LogP contribution in [0, 0.1) is 0 Å². The van der Waals surface area contributed by atoms with Gasteiger partial charge in [-0.15, -0.1) is 0 Å². The lowest BCUT2D eigenvalue weighted by atomic mass is 10.0. The number of rotatable bonds is 2. The summed E-state index contributed by atoms with van der Waals surface area (Å²) >= 11 is 6.21. The average molecular weight is 361 g/mol. The van der Waals surface area contributed by atoms with Crippen LogP contribution in [0.2, 0.25) is 5.02 Å². The predicted molar refractivity (Wildman–Crippen MR) is 104 cm³/mol. The monoisotopic (exact) mass is 360 g/mol. The van der Waals surface area contributed by atoms with Crippen molar-refractivity contribution >= 4 is 11.6 Å². The molecule has 0 fully saturated rings. The van der Waals surface area contributed by atoms with Gasteiger partial charge in [0.2, 0.25) is 5.88 Å². The topological polar surface area (TPSA) is 30.1 Å². The van der Waals surface area contributed by atoms with E-state index in [0.717, 1.165) is 45.6 Å². The van der Waals surface area contributed by atoms with Crippen molar-refractivity contribution in [2.45, 2.75) is 12.6 Å². The van der Waals surface area contributed by atoms with Crippen LogP contribution in [0.3, 0.4) is 0 Å². The second kappa shape index (κ2) is 6.20. The summed E-state index contributed by atoms with van der Waals surface area (Å²) in [7, 11) is 0. The van der Waals surface area contributed by atoms with Gasteiger partial charge >= 0.3 is 0 Å². The molecule has 0 saturated carbocycles. The van der Waals surface area contributed by atoms with Gasteiger partial charge < -0.3 is 9.73 Å². The van der Waals surface area contributed by atoms with Crippen LogP contribution in [-0.4, -0.2) is 4.57 Å². The van der Waals surface area contributed by atoms with Crippen molar-refractivity contribution in [2.24, 2.45) is 0 Å². The Hall–Kier alpha value is -2.75. The first-order chi connectivity index (χ1) is 12.8. The van der Waals surface area contributed by atoms with Crippen molar-refractivity contribution in [1.82, 2.24) is 9.88 Å². The normalized spacial score (nSPS) is 16.0. The van der Waals surface area contributed by atoms with Crippen molar-refractivity contribution in [3.05, 3.63) is 101 Å². The minimum absolute atomic E-state index is 0.0616. The number of hydrogen-bond donors (Lipinski definition) is 1. The van der Waals surface area contributed by atoms with Crippen LogP contribution in [0.25, 0.3) is 17.2 Å². The third-order valence-electron chi connectivity index (χ3n) is 4.82. The number of furan rings is 1. The van der Waals surface area contributed by atoms with Crippen LogP contribution in [-0.2, 0) is 6.54 Å². The number of fused-ring (bicyclic) bond motifs is 3. The highest BCUT2D eigenvalue weighted by Crippen LogP contribution is 2.35. The smallest absolute Gasteiger partial charge is 0.209 e. The quantitative estimate of drug-likeness (QED) is 0.505. The van der Waals surface area contributed by atoms with E-state index in [1.165, 1.54) is 0 Å². The van der Waals surface area contributed by atoms with Gasteiger partial charge in [0, 0.05) is 34.6 Å². The molecule has 1 N–H and O–H groups in total. The van der Waals surface area contributed by atoms with Crippen molar-refractivity contribution in [3.63, 3.8) is 0 Å². The highest BCUT2D eigenvalue weighted by molar-refractivity contribution is 6.30. The molecule has 0 spiro atoms. The van der Waals surface area contributed by atoms with E-state index in [1.807, 2.05) is 42.5 Å². The molecular formula is C22H17ClN2O. The second-order valence-corrected chi connectivity index (χ2v) is 6.92. The maximum absolute atomic E-state index is 6.26. The molecule has 1 aliphatic heterocycles. The lowest BCUT2D eigenvalue weighted by molar-refractivity contribution is 0.543. The van der Waals surface area contributed by atoms with Crippen molar-refractivity contribution in [2.75, 3.05) is 0 Å². The van der Waals surface area contributed by atoms with Gasteiger partial charge in [-0.05, 0) is 35.9 Å². The van der Waals surface area contributed by atoms with E-state index in [1.54, 1.807) is 0 Å². The summed E-state index contributed by atoms with van der Waals surface area (Å²) in [5.74, 6) is 1.76. The molecule has 0 radical (unpaired) electrons. The van der Waals surface area contributed by atoms with E-state index in [0.29, 0.717) is 0 Å². The van der Waals surface area contributed by atoms with Gasteiger partial charge in [-0.3, -0.25) is 4.57 Å². The van der Waals surface area contributed by atoms with Crippen LogP contribution >= 0.6 is 11.6 Å². The standard InChI is InChI=1S/C22H17ClN2O/c23-18-9-4-8-16(12-18)21-19-10-5-11-25(19)22-17(14-24-21)13-20(26-22)15-6-2-1-3-7-15/h1-13,21,24H,14H2. The number of nitrogens with one attached hydrogen (secondary N) is 1. The third kappa shape index (κ3) is 2.57. The number of nitrogens with zero attached hydrogens (tertiary/aromatic N) is 1. The SMILES string of the molecule is Clc1cccc(C2NCc3cc(-c4ccccc4)oc3-n3cccc32)c1. The Morgan fingerprint density at radius 1 is 0.962 bits per heavy atom. The van der Waals surface area contributed by atoms with Crippen LogP contribution < -0.4 is 5.32 Å². The molecule has 1 unspecified atom stereocenters. The van der Waals surface area contributed by atoms with Gasteiger partial charge in [-0.25, -0.2) is 0 Å². The van der Waals surface area contributed by atoms with E-state index in [4.69, 9.17) is 16.0 Å². The number of halogens is 1. The molecule has 0 amide bonds. The fraction of sp³-hybridized carbons (Fsp3) is 0.0909. The average Bonchev–Trinajstić information content (AvgIpc) is 3.28. The Morgan fingerprint density at radius 2 is 1.85 bits per heavy atom. The van der Waals surface area contributed by atoms with E-state index >= 15 is 0 Å². The Balaban J connectivity index is 1.61. The molecule has 4 aromatic rings. The van der Waals surface area contributed by atoms with E-state index in [-0.39, 0.29) is 6.04 Å². The molecule has 26 heavy (non-hydrogen) atoms. The van der Waals surface area contributed by atoms with Gasteiger partial charge in [-0.1, -0.05) is 54.1 Å². The van der Waals surface area contributed by atoms with E-state index in [9.17, 15) is 0 Å². The predicted octanol–water partition coefficient (Wildman–Crippen LogP) is 5.58. The molecule has 4 heteroatoms. The summed E-state index contributed by atoms with van der Waals surface area (Å²) in [6.45, 7) is 0.727. The maximum atomic E-state index is 6.26. The zero-order chi connectivity index (χ0) is 17.5. The summed E-state index contributed by atoms with van der Waals surface area (Å²) < 4.78 is 8.39. The Morgan fingerprint density at radius 3 is 2.69 bits per heavy atom. The fourth-order valence-corrected chi connectivity index (χ4v) is 3.80. The number of hydrogen-bond acceptors (Lipinski definition) is 2. The Kier molecular flexibility index (Phi) is 3.70. The molecule has 1 atom stereocenters. The van der Waals surface area contributed by atoms with Gasteiger partial charge in [0.05, 0.1) is 6.04 Å². The van der Waals surface area contributed by atoms with Gasteiger partial charge in [-0.2, -0.15) is 0 Å². The van der Waals surface area contributed by atoms with Crippen LogP contribution in [0.5, 0.6) is 0 Å².